The topological polar surface area (TPSA) is 108 Å². The highest BCUT2D eigenvalue weighted by Crippen LogP contribution is 2.29. The van der Waals surface area contributed by atoms with Crippen molar-refractivity contribution in [2.45, 2.75) is 51.5 Å². The summed E-state index contributed by atoms with van der Waals surface area (Å²) in [5, 5.41) is 9.24. The monoisotopic (exact) mass is 308 g/mol. The number of hydrogen-bond donors (Lipinski definition) is 1. The smallest absolute Gasteiger partial charge is 0.305 e. The van der Waals surface area contributed by atoms with Crippen molar-refractivity contribution in [3.05, 3.63) is 0 Å². The average molecular weight is 308 g/mol. The van der Waals surface area contributed by atoms with E-state index in [9.17, 15) is 23.9 Å². The molecule has 120 valence electrons. The summed E-state index contributed by atoms with van der Waals surface area (Å²) in [5.74, 6) is -2.40. The van der Waals surface area contributed by atoms with Crippen molar-refractivity contribution >= 4 is 17.9 Å². The molecule has 1 fully saturated rings. The largest absolute Gasteiger partial charge is 0.456 e. The molecule has 8 nitrogen and oxygen atoms in total. The van der Waals surface area contributed by atoms with Gasteiger partial charge in [-0.1, -0.05) is 0 Å². The minimum atomic E-state index is -2.06. The maximum Gasteiger partial charge on any atom is 0.305 e. The molecular formula is C12H17FO8. The van der Waals surface area contributed by atoms with Crippen molar-refractivity contribution < 1.29 is 42.8 Å². The first-order valence-electron chi connectivity index (χ1n) is 6.18. The van der Waals surface area contributed by atoms with Crippen molar-refractivity contribution in [1.29, 1.82) is 0 Å². The van der Waals surface area contributed by atoms with Gasteiger partial charge in [-0.2, -0.15) is 0 Å². The predicted molar refractivity (Wildman–Crippen MR) is 63.5 cm³/mol. The van der Waals surface area contributed by atoms with Crippen molar-refractivity contribution in [1.82, 2.24) is 0 Å². The summed E-state index contributed by atoms with van der Waals surface area (Å²) in [6.45, 7) is 2.51. The summed E-state index contributed by atoms with van der Waals surface area (Å²) in [6, 6.07) is 0. The lowest BCUT2D eigenvalue weighted by atomic mass is 9.99. The third kappa shape index (κ3) is 4.64. The molecule has 0 unspecified atom stereocenters. The van der Waals surface area contributed by atoms with E-state index in [2.05, 4.69) is 4.74 Å². The van der Waals surface area contributed by atoms with Gasteiger partial charge in [-0.15, -0.1) is 0 Å². The molecule has 0 spiro atoms. The fraction of sp³-hybridized carbons (Fsp3) is 0.750. The highest BCUT2D eigenvalue weighted by atomic mass is 19.1. The van der Waals surface area contributed by atoms with Crippen molar-refractivity contribution in [3.63, 3.8) is 0 Å². The fourth-order valence-corrected chi connectivity index (χ4v) is 1.93. The summed E-state index contributed by atoms with van der Waals surface area (Å²) in [7, 11) is 0. The van der Waals surface area contributed by atoms with E-state index < -0.39 is 55.3 Å². The lowest BCUT2D eigenvalue weighted by Gasteiger charge is -2.41. The van der Waals surface area contributed by atoms with E-state index in [4.69, 9.17) is 14.2 Å². The van der Waals surface area contributed by atoms with Gasteiger partial charge >= 0.3 is 17.9 Å². The Morgan fingerprint density at radius 2 is 1.48 bits per heavy atom. The molecule has 0 saturated carbocycles. The molecule has 1 heterocycles. The van der Waals surface area contributed by atoms with Crippen LogP contribution in [-0.2, 0) is 33.3 Å². The highest BCUT2D eigenvalue weighted by Gasteiger charge is 2.51. The molecular weight excluding hydrogens is 291 g/mol. The molecule has 0 aromatic heterocycles. The number of alkyl halides is 1. The zero-order valence-corrected chi connectivity index (χ0v) is 11.8. The SMILES string of the molecule is CC(=O)O[C@H]1O[C@H](CO)[C@@H](OC(C)=O)[C@H](OC(C)=O)[C@H]1F. The molecule has 0 bridgehead atoms. The van der Waals surface area contributed by atoms with E-state index in [1.54, 1.807) is 0 Å². The number of carbonyl (C=O) groups is 3. The quantitative estimate of drug-likeness (QED) is 0.545. The first-order valence-corrected chi connectivity index (χ1v) is 6.18. The standard InChI is InChI=1S/C12H17FO8/c1-5(15)18-10-8(4-14)21-12(20-7(3)17)9(13)11(10)19-6(2)16/h8-12,14H,4H2,1-3H3/t8-,9-,10-,11-,12+/m1/s1. The Bertz CT molecular complexity index is 412. The Labute approximate surface area is 120 Å². The third-order valence-electron chi connectivity index (χ3n) is 2.64. The molecule has 5 atom stereocenters. The van der Waals surface area contributed by atoms with Gasteiger partial charge in [0.25, 0.3) is 0 Å². The first-order chi connectivity index (χ1) is 9.76. The highest BCUT2D eigenvalue weighted by molar-refractivity contribution is 5.68. The molecule has 21 heavy (non-hydrogen) atoms. The Morgan fingerprint density at radius 1 is 1.00 bits per heavy atom. The van der Waals surface area contributed by atoms with Crippen LogP contribution in [0.3, 0.4) is 0 Å². The van der Waals surface area contributed by atoms with Crippen LogP contribution in [0.4, 0.5) is 4.39 Å². The zero-order chi connectivity index (χ0) is 16.2. The molecule has 0 aromatic rings. The Hall–Kier alpha value is -1.74. The summed E-state index contributed by atoms with van der Waals surface area (Å²) in [4.78, 5) is 33.1. The van der Waals surface area contributed by atoms with Crippen LogP contribution < -0.4 is 0 Å². The number of halogens is 1. The molecule has 1 aliphatic heterocycles. The zero-order valence-electron chi connectivity index (χ0n) is 11.8. The summed E-state index contributed by atoms with van der Waals surface area (Å²) in [6.07, 6.45) is -7.84. The number of aliphatic hydroxyl groups is 1. The van der Waals surface area contributed by atoms with Crippen LogP contribution >= 0.6 is 0 Å². The molecule has 0 aliphatic carbocycles. The van der Waals surface area contributed by atoms with Crippen LogP contribution in [0.15, 0.2) is 0 Å². The molecule has 0 amide bonds. The van der Waals surface area contributed by atoms with Crippen LogP contribution in [0.25, 0.3) is 0 Å². The Morgan fingerprint density at radius 3 is 1.90 bits per heavy atom. The van der Waals surface area contributed by atoms with Crippen LogP contribution in [0, 0.1) is 0 Å². The molecule has 1 saturated heterocycles. The van der Waals surface area contributed by atoms with Gasteiger partial charge in [0.05, 0.1) is 6.61 Å². The van der Waals surface area contributed by atoms with Crippen molar-refractivity contribution in [2.75, 3.05) is 6.61 Å². The van der Waals surface area contributed by atoms with Gasteiger partial charge in [0.1, 0.15) is 6.10 Å². The van der Waals surface area contributed by atoms with Gasteiger partial charge in [-0.05, 0) is 0 Å². The second-order valence-corrected chi connectivity index (χ2v) is 4.43. The summed E-state index contributed by atoms with van der Waals surface area (Å²) < 4.78 is 33.6. The average Bonchev–Trinajstić information content (AvgIpc) is 2.35. The van der Waals surface area contributed by atoms with Crippen LogP contribution in [-0.4, -0.2) is 60.4 Å². The number of ether oxygens (including phenoxy) is 4. The molecule has 1 N–H and O–H groups in total. The fourth-order valence-electron chi connectivity index (χ4n) is 1.93. The van der Waals surface area contributed by atoms with Crippen molar-refractivity contribution in [2.24, 2.45) is 0 Å². The van der Waals surface area contributed by atoms with Crippen LogP contribution in [0.1, 0.15) is 20.8 Å². The first kappa shape index (κ1) is 17.3. The molecule has 1 aliphatic rings. The van der Waals surface area contributed by atoms with Gasteiger partial charge in [0, 0.05) is 20.8 Å². The normalized spacial score (nSPS) is 32.1. The van der Waals surface area contributed by atoms with E-state index in [1.807, 2.05) is 0 Å². The van der Waals surface area contributed by atoms with E-state index in [0.717, 1.165) is 20.8 Å². The lowest BCUT2D eigenvalue weighted by Crippen LogP contribution is -2.60. The van der Waals surface area contributed by atoms with Crippen LogP contribution in [0.2, 0.25) is 0 Å². The minimum Gasteiger partial charge on any atom is -0.456 e. The maximum atomic E-state index is 14.3. The van der Waals surface area contributed by atoms with E-state index in [0.29, 0.717) is 0 Å². The van der Waals surface area contributed by atoms with Gasteiger partial charge in [0.15, 0.2) is 12.2 Å². The van der Waals surface area contributed by atoms with Gasteiger partial charge in [-0.25, -0.2) is 4.39 Å². The van der Waals surface area contributed by atoms with Gasteiger partial charge < -0.3 is 24.1 Å². The summed E-state index contributed by atoms with van der Waals surface area (Å²) >= 11 is 0. The summed E-state index contributed by atoms with van der Waals surface area (Å²) in [5.41, 5.74) is 0. The number of carbonyl (C=O) groups excluding carboxylic acids is 3. The lowest BCUT2D eigenvalue weighted by molar-refractivity contribution is -0.284. The Kier molecular flexibility index (Phi) is 6.03. The number of hydrogen-bond acceptors (Lipinski definition) is 8. The number of rotatable bonds is 4. The number of esters is 3. The maximum absolute atomic E-state index is 14.3. The second-order valence-electron chi connectivity index (χ2n) is 4.43. The number of aliphatic hydroxyl groups excluding tert-OH is 1. The Balaban J connectivity index is 3.01. The second kappa shape index (κ2) is 7.32. The minimum absolute atomic E-state index is 0.653. The van der Waals surface area contributed by atoms with Crippen molar-refractivity contribution in [3.8, 4) is 0 Å². The van der Waals surface area contributed by atoms with Crippen LogP contribution in [0.5, 0.6) is 0 Å². The third-order valence-corrected chi connectivity index (χ3v) is 2.64. The van der Waals surface area contributed by atoms with E-state index >= 15 is 0 Å². The molecule has 9 heteroatoms. The van der Waals surface area contributed by atoms with Gasteiger partial charge in [-0.3, -0.25) is 14.4 Å². The molecule has 1 rings (SSSR count). The van der Waals surface area contributed by atoms with E-state index in [-0.39, 0.29) is 0 Å². The van der Waals surface area contributed by atoms with Gasteiger partial charge in [0.2, 0.25) is 12.5 Å². The molecule has 0 radical (unpaired) electrons. The predicted octanol–water partition coefficient (Wildman–Crippen LogP) is -0.532. The van der Waals surface area contributed by atoms with E-state index in [1.165, 1.54) is 0 Å². The molecule has 0 aromatic carbocycles.